The van der Waals surface area contributed by atoms with Crippen molar-refractivity contribution in [2.24, 2.45) is 0 Å². The van der Waals surface area contributed by atoms with Gasteiger partial charge in [-0.2, -0.15) is 0 Å². The average molecular weight is 299 g/mol. The molecule has 0 aliphatic rings. The Balaban J connectivity index is 1.84. The molecule has 1 aromatic carbocycles. The first-order valence-electron chi connectivity index (χ1n) is 6.90. The van der Waals surface area contributed by atoms with Gasteiger partial charge in [-0.1, -0.05) is 0 Å². The molecule has 0 aliphatic heterocycles. The van der Waals surface area contributed by atoms with E-state index in [1.54, 1.807) is 55.7 Å². The second-order valence-corrected chi connectivity index (χ2v) is 4.44. The molecule has 1 amide bonds. The molecule has 2 rings (SSSR count). The molecular weight excluding hydrogens is 282 g/mol. The number of aromatic nitrogens is 1. The van der Waals surface area contributed by atoms with Gasteiger partial charge in [0, 0.05) is 23.8 Å². The molecule has 2 N–H and O–H groups in total. The molecule has 0 unspecified atom stereocenters. The SMILES string of the molecule is CCOC(=O)c1ccc(NCC(=O)Nc2ccncc2)cc1. The van der Waals surface area contributed by atoms with E-state index < -0.39 is 0 Å². The minimum Gasteiger partial charge on any atom is -0.462 e. The zero-order valence-electron chi connectivity index (χ0n) is 12.2. The highest BCUT2D eigenvalue weighted by Gasteiger charge is 2.06. The number of anilines is 2. The molecule has 0 bridgehead atoms. The summed E-state index contributed by atoms with van der Waals surface area (Å²) in [5, 5.41) is 5.73. The number of pyridine rings is 1. The van der Waals surface area contributed by atoms with Crippen molar-refractivity contribution in [3.8, 4) is 0 Å². The van der Waals surface area contributed by atoms with Crippen LogP contribution >= 0.6 is 0 Å². The van der Waals surface area contributed by atoms with Crippen LogP contribution in [0.3, 0.4) is 0 Å². The number of rotatable bonds is 6. The van der Waals surface area contributed by atoms with Crippen molar-refractivity contribution < 1.29 is 14.3 Å². The van der Waals surface area contributed by atoms with E-state index in [-0.39, 0.29) is 18.4 Å². The van der Waals surface area contributed by atoms with Crippen molar-refractivity contribution in [3.63, 3.8) is 0 Å². The van der Waals surface area contributed by atoms with Crippen molar-refractivity contribution in [3.05, 3.63) is 54.4 Å². The number of nitrogens with zero attached hydrogens (tertiary/aromatic N) is 1. The van der Waals surface area contributed by atoms with Crippen molar-refractivity contribution in [2.75, 3.05) is 23.8 Å². The minimum atomic E-state index is -0.357. The highest BCUT2D eigenvalue weighted by atomic mass is 16.5. The maximum atomic E-state index is 11.8. The largest absolute Gasteiger partial charge is 0.462 e. The molecule has 1 aromatic heterocycles. The van der Waals surface area contributed by atoms with Gasteiger partial charge in [-0.05, 0) is 43.3 Å². The first kappa shape index (κ1) is 15.5. The molecule has 114 valence electrons. The molecule has 6 nitrogen and oxygen atoms in total. The summed E-state index contributed by atoms with van der Waals surface area (Å²) in [7, 11) is 0. The Bertz CT molecular complexity index is 627. The summed E-state index contributed by atoms with van der Waals surface area (Å²) in [4.78, 5) is 27.2. The van der Waals surface area contributed by atoms with Crippen molar-refractivity contribution >= 4 is 23.3 Å². The number of carbonyl (C=O) groups is 2. The Labute approximate surface area is 128 Å². The van der Waals surface area contributed by atoms with Crippen LogP contribution in [0.1, 0.15) is 17.3 Å². The van der Waals surface area contributed by atoms with E-state index in [4.69, 9.17) is 4.74 Å². The van der Waals surface area contributed by atoms with E-state index in [2.05, 4.69) is 15.6 Å². The summed E-state index contributed by atoms with van der Waals surface area (Å²) >= 11 is 0. The predicted octanol–water partition coefficient (Wildman–Crippen LogP) is 2.31. The third-order valence-corrected chi connectivity index (χ3v) is 2.81. The number of hydrogen-bond acceptors (Lipinski definition) is 5. The van der Waals surface area contributed by atoms with Gasteiger partial charge < -0.3 is 15.4 Å². The Hall–Kier alpha value is -2.89. The zero-order valence-corrected chi connectivity index (χ0v) is 12.2. The summed E-state index contributed by atoms with van der Waals surface area (Å²) in [5.41, 5.74) is 1.92. The highest BCUT2D eigenvalue weighted by Crippen LogP contribution is 2.10. The van der Waals surface area contributed by atoms with Crippen LogP contribution in [0, 0.1) is 0 Å². The lowest BCUT2D eigenvalue weighted by Crippen LogP contribution is -2.21. The fraction of sp³-hybridized carbons (Fsp3) is 0.188. The molecule has 0 saturated heterocycles. The van der Waals surface area contributed by atoms with Gasteiger partial charge in [-0.15, -0.1) is 0 Å². The molecule has 22 heavy (non-hydrogen) atoms. The summed E-state index contributed by atoms with van der Waals surface area (Å²) in [6, 6.07) is 10.2. The molecule has 0 radical (unpaired) electrons. The van der Waals surface area contributed by atoms with Gasteiger partial charge in [0.05, 0.1) is 18.7 Å². The van der Waals surface area contributed by atoms with E-state index in [0.29, 0.717) is 17.9 Å². The first-order chi connectivity index (χ1) is 10.7. The Morgan fingerprint density at radius 1 is 1.05 bits per heavy atom. The van der Waals surface area contributed by atoms with Crippen molar-refractivity contribution in [2.45, 2.75) is 6.92 Å². The number of amides is 1. The number of ether oxygens (including phenoxy) is 1. The van der Waals surface area contributed by atoms with E-state index in [0.717, 1.165) is 5.69 Å². The quantitative estimate of drug-likeness (QED) is 0.800. The van der Waals surface area contributed by atoms with Gasteiger partial charge in [0.2, 0.25) is 5.91 Å². The molecular formula is C16H17N3O3. The maximum absolute atomic E-state index is 11.8. The van der Waals surface area contributed by atoms with Gasteiger partial charge >= 0.3 is 5.97 Å². The summed E-state index contributed by atoms with van der Waals surface area (Å²) in [5.74, 6) is -0.523. The Morgan fingerprint density at radius 2 is 1.73 bits per heavy atom. The number of hydrogen-bond donors (Lipinski definition) is 2. The van der Waals surface area contributed by atoms with E-state index >= 15 is 0 Å². The lowest BCUT2D eigenvalue weighted by atomic mass is 10.2. The van der Waals surface area contributed by atoms with E-state index in [9.17, 15) is 9.59 Å². The molecule has 2 aromatic rings. The fourth-order valence-corrected chi connectivity index (χ4v) is 1.76. The Kier molecular flexibility index (Phi) is 5.48. The van der Waals surface area contributed by atoms with E-state index in [1.165, 1.54) is 0 Å². The average Bonchev–Trinajstić information content (AvgIpc) is 2.54. The minimum absolute atomic E-state index is 0.126. The van der Waals surface area contributed by atoms with Crippen LogP contribution in [0.15, 0.2) is 48.8 Å². The molecule has 6 heteroatoms. The van der Waals surface area contributed by atoms with Crippen molar-refractivity contribution in [1.82, 2.24) is 4.98 Å². The second-order valence-electron chi connectivity index (χ2n) is 4.44. The lowest BCUT2D eigenvalue weighted by molar-refractivity contribution is -0.114. The highest BCUT2D eigenvalue weighted by molar-refractivity contribution is 5.94. The third kappa shape index (κ3) is 4.59. The van der Waals surface area contributed by atoms with E-state index in [1.807, 2.05) is 0 Å². The molecule has 0 saturated carbocycles. The second kappa shape index (κ2) is 7.78. The molecule has 0 spiro atoms. The monoisotopic (exact) mass is 299 g/mol. The topological polar surface area (TPSA) is 80.3 Å². The summed E-state index contributed by atoms with van der Waals surface area (Å²) < 4.78 is 4.90. The van der Waals surface area contributed by atoms with Crippen LogP contribution in [0.2, 0.25) is 0 Å². The van der Waals surface area contributed by atoms with Crippen LogP contribution in [0.5, 0.6) is 0 Å². The molecule has 1 heterocycles. The summed E-state index contributed by atoms with van der Waals surface area (Å²) in [6.45, 7) is 2.23. The maximum Gasteiger partial charge on any atom is 0.338 e. The molecule has 0 fully saturated rings. The number of carbonyl (C=O) groups excluding carboxylic acids is 2. The van der Waals surface area contributed by atoms with Crippen LogP contribution < -0.4 is 10.6 Å². The Morgan fingerprint density at radius 3 is 2.36 bits per heavy atom. The fourth-order valence-electron chi connectivity index (χ4n) is 1.76. The standard InChI is InChI=1S/C16H17N3O3/c1-2-22-16(21)12-3-5-13(6-4-12)18-11-15(20)19-14-7-9-17-10-8-14/h3-10,18H,2,11H2,1H3,(H,17,19,20). The van der Waals surface area contributed by atoms with Crippen LogP contribution in [-0.2, 0) is 9.53 Å². The van der Waals surface area contributed by atoms with Gasteiger partial charge in [0.1, 0.15) is 0 Å². The molecule has 0 atom stereocenters. The zero-order chi connectivity index (χ0) is 15.8. The smallest absolute Gasteiger partial charge is 0.338 e. The van der Waals surface area contributed by atoms with Gasteiger partial charge in [-0.25, -0.2) is 4.79 Å². The number of esters is 1. The number of benzene rings is 1. The van der Waals surface area contributed by atoms with Gasteiger partial charge in [-0.3, -0.25) is 9.78 Å². The first-order valence-corrected chi connectivity index (χ1v) is 6.90. The van der Waals surface area contributed by atoms with Gasteiger partial charge in [0.25, 0.3) is 0 Å². The summed E-state index contributed by atoms with van der Waals surface area (Å²) in [6.07, 6.45) is 3.22. The van der Waals surface area contributed by atoms with Crippen LogP contribution in [0.25, 0.3) is 0 Å². The lowest BCUT2D eigenvalue weighted by Gasteiger charge is -2.08. The third-order valence-electron chi connectivity index (χ3n) is 2.81. The molecule has 0 aliphatic carbocycles. The normalized spacial score (nSPS) is 9.86. The van der Waals surface area contributed by atoms with Gasteiger partial charge in [0.15, 0.2) is 0 Å². The van der Waals surface area contributed by atoms with Crippen LogP contribution in [0.4, 0.5) is 11.4 Å². The predicted molar refractivity (Wildman–Crippen MR) is 83.8 cm³/mol. The van der Waals surface area contributed by atoms with Crippen molar-refractivity contribution in [1.29, 1.82) is 0 Å². The van der Waals surface area contributed by atoms with Crippen LogP contribution in [-0.4, -0.2) is 30.0 Å². The number of nitrogens with one attached hydrogen (secondary N) is 2.